The number of amides is 3. The lowest BCUT2D eigenvalue weighted by atomic mass is 9.84. The van der Waals surface area contributed by atoms with Crippen LogP contribution in [0.4, 0.5) is 0 Å². The van der Waals surface area contributed by atoms with Crippen LogP contribution in [-0.2, 0) is 57.6 Å². The summed E-state index contributed by atoms with van der Waals surface area (Å²) in [5, 5.41) is 15.8. The Balaban J connectivity index is 1.17. The number of rotatable bonds is 37. The number of benzene rings is 2. The number of carbonyl (C=O) groups is 7. The van der Waals surface area contributed by atoms with Gasteiger partial charge in [0.05, 0.1) is 41.4 Å². The molecule has 0 unspecified atom stereocenters. The normalized spacial score (nSPS) is 13.9. The quantitative estimate of drug-likeness (QED) is 0.0268. The number of carbonyl (C=O) groups excluding carboxylic acids is 7. The number of ketones is 4. The first kappa shape index (κ1) is 61.6. The average molecular weight is 1100 g/mol. The van der Waals surface area contributed by atoms with Crippen molar-refractivity contribution in [2.75, 3.05) is 46.6 Å². The second kappa shape index (κ2) is 33.2. The van der Waals surface area contributed by atoms with E-state index in [1.54, 1.807) is 20.0 Å². The molecule has 1 fully saturated rings. The largest absolute Gasteiger partial charge is 0.494 e. The van der Waals surface area contributed by atoms with Gasteiger partial charge in [-0.15, -0.1) is 0 Å². The second-order valence-corrected chi connectivity index (χ2v) is 20.8. The smallest absolute Gasteiger partial charge is 0.226 e. The molecule has 3 amide bonds. The summed E-state index contributed by atoms with van der Waals surface area (Å²) in [6, 6.07) is 14.8. The molecule has 0 bridgehead atoms. The Kier molecular flexibility index (Phi) is 27.3. The Hall–Kier alpha value is -5.92. The van der Waals surface area contributed by atoms with Crippen LogP contribution >= 0.6 is 15.9 Å². The molecule has 2 aromatic carbocycles. The topological polar surface area (TPSA) is 276 Å². The number of aryl methyl sites for hydroxylation is 1. The summed E-state index contributed by atoms with van der Waals surface area (Å²) in [5.41, 5.74) is 13.6. The maximum absolute atomic E-state index is 13.7. The van der Waals surface area contributed by atoms with E-state index in [1.165, 1.54) is 6.92 Å². The Morgan fingerprint density at radius 3 is 2.21 bits per heavy atom. The van der Waals surface area contributed by atoms with Gasteiger partial charge in [-0.25, -0.2) is 9.97 Å². The first-order valence-corrected chi connectivity index (χ1v) is 27.1. The fourth-order valence-corrected chi connectivity index (χ4v) is 9.04. The highest BCUT2D eigenvalue weighted by atomic mass is 79.9. The minimum absolute atomic E-state index is 0.0372. The molecule has 4 atom stereocenters. The van der Waals surface area contributed by atoms with Gasteiger partial charge in [-0.05, 0) is 116 Å². The van der Waals surface area contributed by atoms with E-state index in [1.807, 2.05) is 66.5 Å². The highest BCUT2D eigenvalue weighted by molar-refractivity contribution is 9.10. The number of nitrogens with two attached hydrogens (primary N) is 2. The van der Waals surface area contributed by atoms with Gasteiger partial charge in [-0.3, -0.25) is 33.8 Å². The van der Waals surface area contributed by atoms with Gasteiger partial charge in [0.1, 0.15) is 24.0 Å². The Morgan fingerprint density at radius 2 is 1.56 bits per heavy atom. The molecule has 0 radical (unpaired) electrons. The van der Waals surface area contributed by atoms with Crippen molar-refractivity contribution in [2.45, 2.75) is 136 Å². The van der Waals surface area contributed by atoms with E-state index in [9.17, 15) is 38.7 Å². The molecular formula is C56H79BrN8O10. The van der Waals surface area contributed by atoms with Crippen molar-refractivity contribution in [2.24, 2.45) is 40.1 Å². The fourth-order valence-electron chi connectivity index (χ4n) is 8.65. The number of hydrogen-bond donors (Lipinski definition) is 5. The lowest BCUT2D eigenvalue weighted by Crippen LogP contribution is -2.49. The average Bonchev–Trinajstić information content (AvgIpc) is 3.36. The van der Waals surface area contributed by atoms with Crippen LogP contribution in [0.25, 0.3) is 0 Å². The van der Waals surface area contributed by atoms with Gasteiger partial charge in [0.25, 0.3) is 0 Å². The van der Waals surface area contributed by atoms with Crippen LogP contribution in [0.2, 0.25) is 0 Å². The molecular weight excluding hydrogens is 1020 g/mol. The third kappa shape index (κ3) is 22.8. The summed E-state index contributed by atoms with van der Waals surface area (Å²) in [5.74, 6) is -2.75. The predicted octanol–water partition coefficient (Wildman–Crippen LogP) is 5.59. The number of ether oxygens (including phenoxy) is 2. The van der Waals surface area contributed by atoms with Crippen LogP contribution < -0.4 is 26.8 Å². The van der Waals surface area contributed by atoms with E-state index in [0.717, 1.165) is 72.2 Å². The van der Waals surface area contributed by atoms with Gasteiger partial charge in [0.15, 0.2) is 23.3 Å². The standard InChI is InChI=1S/C56H79BrN8O10/c1-37(2)52(64-53(71)42(30-38(3)67)18-11-26-60-56(58)59)50(70)33-43(35-66)54(72)63-48(31-39-14-6-5-7-15-39)49(69)21-13-28-74-36-44(68)19-12-29-75-45-24-22-40(23-25-45)32-51-61-34-46(57)47(62-51)20-8-9-27-65(4)55(73)41-16-10-17-41/h5-7,14-15,22-25,34,37,41-43,48,52,66H,8-13,16-21,26-33,35-36H2,1-4H3,(H,63,72)(H,64,71)(H4,58,59,60)/t42-,43+,48+,52+/m1/s1. The van der Waals surface area contributed by atoms with Gasteiger partial charge in [-0.1, -0.05) is 62.7 Å². The van der Waals surface area contributed by atoms with E-state index in [2.05, 4.69) is 36.5 Å². The van der Waals surface area contributed by atoms with Crippen LogP contribution in [0, 0.1) is 23.7 Å². The predicted molar refractivity (Wildman–Crippen MR) is 289 cm³/mol. The van der Waals surface area contributed by atoms with Crippen molar-refractivity contribution in [1.82, 2.24) is 25.5 Å². The number of aliphatic imine (C=N–C) groups is 1. The summed E-state index contributed by atoms with van der Waals surface area (Å²) in [6.45, 7) is 5.55. The van der Waals surface area contributed by atoms with Gasteiger partial charge < -0.3 is 46.4 Å². The zero-order chi connectivity index (χ0) is 54.7. The Bertz CT molecular complexity index is 2340. The van der Waals surface area contributed by atoms with Crippen LogP contribution in [0.5, 0.6) is 5.75 Å². The SMILES string of the molecule is CC(=O)C[C@@H](CCCN=C(N)N)C(=O)N[C@H](C(=O)C[C@@H](CO)C(=O)N[C@@H](Cc1ccccc1)C(=O)CCCOCC(=O)CCCOc1ccc(Cc2ncc(Br)c(CCCCN(C)C(=O)C3CCC3)n2)cc1)C(C)C. The zero-order valence-electron chi connectivity index (χ0n) is 44.2. The number of hydrogen-bond acceptors (Lipinski definition) is 13. The number of nitrogens with one attached hydrogen (secondary N) is 2. The monoisotopic (exact) mass is 1100 g/mol. The minimum Gasteiger partial charge on any atom is -0.494 e. The molecule has 3 aromatic rings. The molecule has 1 saturated carbocycles. The summed E-state index contributed by atoms with van der Waals surface area (Å²) in [4.78, 5) is 106. The Labute approximate surface area is 450 Å². The molecule has 1 aliphatic rings. The van der Waals surface area contributed by atoms with Gasteiger partial charge in [-0.2, -0.15) is 0 Å². The fraction of sp³-hybridized carbons (Fsp3) is 0.571. The number of aliphatic hydroxyl groups is 1. The molecule has 0 aliphatic heterocycles. The molecule has 75 heavy (non-hydrogen) atoms. The van der Waals surface area contributed by atoms with E-state index in [-0.39, 0.29) is 86.5 Å². The van der Waals surface area contributed by atoms with Crippen molar-refractivity contribution < 1.29 is 48.1 Å². The number of halogens is 1. The third-order valence-corrected chi connectivity index (χ3v) is 13.9. The molecule has 4 rings (SSSR count). The summed E-state index contributed by atoms with van der Waals surface area (Å²) in [6.07, 6.45) is 9.67. The van der Waals surface area contributed by atoms with E-state index < -0.39 is 54.5 Å². The molecule has 18 nitrogen and oxygen atoms in total. The number of unbranched alkanes of at least 4 members (excludes halogenated alkanes) is 1. The van der Waals surface area contributed by atoms with Crippen LogP contribution in [0.15, 0.2) is 70.3 Å². The van der Waals surface area contributed by atoms with Gasteiger partial charge in [0, 0.05) is 76.9 Å². The minimum atomic E-state index is -1.21. The lowest BCUT2D eigenvalue weighted by Gasteiger charge is -2.29. The van der Waals surface area contributed by atoms with Crippen molar-refractivity contribution in [3.63, 3.8) is 0 Å². The Morgan fingerprint density at radius 1 is 0.853 bits per heavy atom. The van der Waals surface area contributed by atoms with Crippen LogP contribution in [-0.4, -0.2) is 125 Å². The molecule has 1 aromatic heterocycles. The number of aliphatic hydroxyl groups excluding tert-OH is 1. The molecule has 1 heterocycles. The maximum Gasteiger partial charge on any atom is 0.226 e. The number of Topliss-reactive ketones (excluding diaryl/α,β-unsaturated/α-hetero) is 4. The van der Waals surface area contributed by atoms with Crippen molar-refractivity contribution >= 4 is 62.7 Å². The van der Waals surface area contributed by atoms with Crippen molar-refractivity contribution in [3.8, 4) is 5.75 Å². The van der Waals surface area contributed by atoms with Crippen LogP contribution in [0.3, 0.4) is 0 Å². The maximum atomic E-state index is 13.7. The molecule has 0 spiro atoms. The molecule has 0 saturated heterocycles. The third-order valence-electron chi connectivity index (χ3n) is 13.2. The number of aromatic nitrogens is 2. The summed E-state index contributed by atoms with van der Waals surface area (Å²) >= 11 is 3.59. The first-order chi connectivity index (χ1) is 35.9. The first-order valence-electron chi connectivity index (χ1n) is 26.4. The van der Waals surface area contributed by atoms with Crippen molar-refractivity contribution in [1.29, 1.82) is 0 Å². The number of nitrogens with zero attached hydrogens (tertiary/aromatic N) is 4. The van der Waals surface area contributed by atoms with E-state index in [0.29, 0.717) is 44.5 Å². The summed E-state index contributed by atoms with van der Waals surface area (Å²) < 4.78 is 12.4. The highest BCUT2D eigenvalue weighted by Crippen LogP contribution is 2.28. The molecule has 19 heteroatoms. The van der Waals surface area contributed by atoms with Gasteiger partial charge >= 0.3 is 0 Å². The van der Waals surface area contributed by atoms with E-state index >= 15 is 0 Å². The van der Waals surface area contributed by atoms with Crippen LogP contribution in [0.1, 0.15) is 127 Å². The lowest BCUT2D eigenvalue weighted by molar-refractivity contribution is -0.137. The second-order valence-electron chi connectivity index (χ2n) is 19.9. The molecule has 1 aliphatic carbocycles. The zero-order valence-corrected chi connectivity index (χ0v) is 45.8. The van der Waals surface area contributed by atoms with E-state index in [4.69, 9.17) is 25.9 Å². The summed E-state index contributed by atoms with van der Waals surface area (Å²) in [7, 11) is 1.89. The molecule has 410 valence electrons. The number of guanidine groups is 1. The molecule has 7 N–H and O–H groups in total. The van der Waals surface area contributed by atoms with Crippen molar-refractivity contribution in [3.05, 3.63) is 87.9 Å². The van der Waals surface area contributed by atoms with Gasteiger partial charge in [0.2, 0.25) is 17.7 Å². The highest BCUT2D eigenvalue weighted by Gasteiger charge is 2.33.